The molecule has 0 atom stereocenters. The van der Waals surface area contributed by atoms with E-state index in [9.17, 15) is 26.4 Å². The Kier molecular flexibility index (Phi) is 5.64. The van der Waals surface area contributed by atoms with Gasteiger partial charge in [-0.15, -0.1) is 0 Å². The summed E-state index contributed by atoms with van der Waals surface area (Å²) < 4.78 is 61.4. The lowest BCUT2D eigenvalue weighted by Gasteiger charge is -2.10. The molecule has 0 saturated heterocycles. The first-order valence-corrected chi connectivity index (χ1v) is 8.57. The van der Waals surface area contributed by atoms with E-state index in [4.69, 9.17) is 5.26 Å². The number of sulfonamides is 1. The molecule has 0 aliphatic heterocycles. The summed E-state index contributed by atoms with van der Waals surface area (Å²) in [6, 6.07) is 12.4. The van der Waals surface area contributed by atoms with Gasteiger partial charge in [0, 0.05) is 11.3 Å². The molecule has 0 aliphatic rings. The minimum absolute atomic E-state index is 0.258. The van der Waals surface area contributed by atoms with Crippen LogP contribution in [0.25, 0.3) is 0 Å². The highest BCUT2D eigenvalue weighted by Gasteiger charge is 2.30. The van der Waals surface area contributed by atoms with Crippen molar-refractivity contribution < 1.29 is 26.4 Å². The number of carbonyl (C=O) groups excluding carboxylic acids is 1. The third-order valence-electron chi connectivity index (χ3n) is 3.16. The van der Waals surface area contributed by atoms with Crippen molar-refractivity contribution in [3.63, 3.8) is 0 Å². The second-order valence-corrected chi connectivity index (χ2v) is 6.87. The molecule has 0 saturated carbocycles. The summed E-state index contributed by atoms with van der Waals surface area (Å²) in [5, 5.41) is 11.2. The number of amides is 1. The van der Waals surface area contributed by atoms with Gasteiger partial charge in [-0.25, -0.2) is 13.1 Å². The molecule has 2 N–H and O–H groups in total. The largest absolute Gasteiger partial charge is 0.402 e. The van der Waals surface area contributed by atoms with Gasteiger partial charge >= 0.3 is 6.18 Å². The first kappa shape index (κ1) is 19.4. The van der Waals surface area contributed by atoms with Crippen molar-refractivity contribution in [3.05, 3.63) is 59.7 Å². The summed E-state index contributed by atoms with van der Waals surface area (Å²) in [6.07, 6.45) is -4.66. The Morgan fingerprint density at radius 2 is 1.62 bits per heavy atom. The van der Waals surface area contributed by atoms with Crippen LogP contribution in [0.3, 0.4) is 0 Å². The molecule has 26 heavy (non-hydrogen) atoms. The number of carbonyl (C=O) groups is 1. The molecule has 136 valence electrons. The van der Waals surface area contributed by atoms with Gasteiger partial charge in [0.2, 0.25) is 10.0 Å². The lowest BCUT2D eigenvalue weighted by molar-refractivity contribution is -0.121. The molecule has 2 aromatic carbocycles. The number of halogens is 3. The number of benzene rings is 2. The van der Waals surface area contributed by atoms with Crippen molar-refractivity contribution in [1.29, 1.82) is 5.26 Å². The fourth-order valence-electron chi connectivity index (χ4n) is 1.88. The molecular weight excluding hydrogens is 371 g/mol. The lowest BCUT2D eigenvalue weighted by Crippen LogP contribution is -2.33. The predicted molar refractivity (Wildman–Crippen MR) is 86.8 cm³/mol. The van der Waals surface area contributed by atoms with Crippen molar-refractivity contribution in [1.82, 2.24) is 4.72 Å². The number of anilines is 1. The van der Waals surface area contributed by atoms with E-state index in [0.717, 1.165) is 12.1 Å². The van der Waals surface area contributed by atoms with E-state index in [2.05, 4.69) is 5.32 Å². The third kappa shape index (κ3) is 5.30. The summed E-state index contributed by atoms with van der Waals surface area (Å²) in [5.41, 5.74) is 0.934. The van der Waals surface area contributed by atoms with Crippen LogP contribution in [0.15, 0.2) is 53.4 Å². The fourth-order valence-corrected chi connectivity index (χ4v) is 2.89. The number of alkyl halides is 3. The second-order valence-electron chi connectivity index (χ2n) is 5.11. The topological polar surface area (TPSA) is 99.1 Å². The summed E-state index contributed by atoms with van der Waals surface area (Å²) in [5.74, 6) is -0.486. The highest BCUT2D eigenvalue weighted by molar-refractivity contribution is 7.89. The Morgan fingerprint density at radius 1 is 1.04 bits per heavy atom. The summed E-state index contributed by atoms with van der Waals surface area (Å²) in [7, 11) is -4.31. The quantitative estimate of drug-likeness (QED) is 0.829. The van der Waals surface area contributed by atoms with Gasteiger partial charge in [0.1, 0.15) is 6.54 Å². The zero-order valence-corrected chi connectivity index (χ0v) is 13.9. The van der Waals surface area contributed by atoms with E-state index in [1.54, 1.807) is 0 Å². The van der Waals surface area contributed by atoms with Crippen LogP contribution < -0.4 is 10.0 Å². The van der Waals surface area contributed by atoms with E-state index >= 15 is 0 Å². The van der Waals surface area contributed by atoms with Crippen LogP contribution in [0.5, 0.6) is 0 Å². The van der Waals surface area contributed by atoms with Crippen molar-refractivity contribution >= 4 is 21.6 Å². The molecule has 2 rings (SSSR count). The zero-order valence-electron chi connectivity index (χ0n) is 13.0. The monoisotopic (exact) mass is 383 g/mol. The average Bonchev–Trinajstić information content (AvgIpc) is 2.60. The van der Waals surface area contributed by atoms with Crippen LogP contribution in [-0.4, -0.2) is 27.0 Å². The lowest BCUT2D eigenvalue weighted by atomic mass is 10.1. The SMILES string of the molecule is N#Cc1ccc(C(=O)Nc2ccc(S(=O)(=O)NCC(F)(F)F)cc2)cc1. The Balaban J connectivity index is 2.07. The maximum absolute atomic E-state index is 12.1. The van der Waals surface area contributed by atoms with E-state index in [1.807, 2.05) is 6.07 Å². The second kappa shape index (κ2) is 7.55. The normalized spacial score (nSPS) is 11.6. The molecule has 0 bridgehead atoms. The molecule has 2 aromatic rings. The van der Waals surface area contributed by atoms with Crippen LogP contribution in [0, 0.1) is 11.3 Å². The van der Waals surface area contributed by atoms with Crippen LogP contribution in [0.2, 0.25) is 0 Å². The van der Waals surface area contributed by atoms with Gasteiger partial charge in [0.25, 0.3) is 5.91 Å². The van der Waals surface area contributed by atoms with Crippen molar-refractivity contribution in [2.24, 2.45) is 0 Å². The molecule has 1 amide bonds. The van der Waals surface area contributed by atoms with Crippen LogP contribution in [0.4, 0.5) is 18.9 Å². The number of hydrogen-bond donors (Lipinski definition) is 2. The van der Waals surface area contributed by atoms with Crippen LogP contribution >= 0.6 is 0 Å². The van der Waals surface area contributed by atoms with Crippen molar-refractivity contribution in [2.45, 2.75) is 11.1 Å². The molecule has 10 heteroatoms. The average molecular weight is 383 g/mol. The molecule has 0 spiro atoms. The van der Waals surface area contributed by atoms with Gasteiger partial charge in [-0.05, 0) is 48.5 Å². The highest BCUT2D eigenvalue weighted by atomic mass is 32.2. The predicted octanol–water partition coefficient (Wildman–Crippen LogP) is 2.65. The van der Waals surface area contributed by atoms with Crippen molar-refractivity contribution in [3.8, 4) is 6.07 Å². The van der Waals surface area contributed by atoms with E-state index in [1.165, 1.54) is 41.1 Å². The van der Waals surface area contributed by atoms with E-state index < -0.39 is 28.7 Å². The smallest absolute Gasteiger partial charge is 0.322 e. The highest BCUT2D eigenvalue weighted by Crippen LogP contribution is 2.17. The van der Waals surface area contributed by atoms with Crippen LogP contribution in [0.1, 0.15) is 15.9 Å². The first-order valence-electron chi connectivity index (χ1n) is 7.09. The van der Waals surface area contributed by atoms with Crippen molar-refractivity contribution in [2.75, 3.05) is 11.9 Å². The molecule has 0 unspecified atom stereocenters. The number of nitrogens with one attached hydrogen (secondary N) is 2. The molecule has 0 radical (unpaired) electrons. The zero-order chi connectivity index (χ0) is 19.4. The van der Waals surface area contributed by atoms with Gasteiger partial charge in [-0.1, -0.05) is 0 Å². The third-order valence-corrected chi connectivity index (χ3v) is 4.58. The fraction of sp³-hybridized carbons (Fsp3) is 0.125. The van der Waals surface area contributed by atoms with Gasteiger partial charge < -0.3 is 5.32 Å². The Morgan fingerprint density at radius 3 is 2.12 bits per heavy atom. The Labute approximate surface area is 147 Å². The molecule has 0 aromatic heterocycles. The maximum atomic E-state index is 12.1. The molecule has 0 fully saturated rings. The standard InChI is InChI=1S/C16H12F3N3O3S/c17-16(18,19)10-21-26(24,25)14-7-5-13(6-8-14)22-15(23)12-3-1-11(9-20)2-4-12/h1-8,21H,10H2,(H,22,23). The van der Waals surface area contributed by atoms with E-state index in [-0.39, 0.29) is 16.1 Å². The Bertz CT molecular complexity index is 932. The number of nitrogens with zero attached hydrogens (tertiary/aromatic N) is 1. The minimum atomic E-state index is -4.66. The Hall–Kier alpha value is -2.90. The number of nitriles is 1. The maximum Gasteiger partial charge on any atom is 0.402 e. The molecular formula is C16H12F3N3O3S. The summed E-state index contributed by atoms with van der Waals surface area (Å²) in [4.78, 5) is 11.7. The van der Waals surface area contributed by atoms with E-state index in [0.29, 0.717) is 5.56 Å². The summed E-state index contributed by atoms with van der Waals surface area (Å²) in [6.45, 7) is -1.67. The summed E-state index contributed by atoms with van der Waals surface area (Å²) >= 11 is 0. The van der Waals surface area contributed by atoms with Gasteiger partial charge in [-0.3, -0.25) is 4.79 Å². The van der Waals surface area contributed by atoms with Gasteiger partial charge in [0.05, 0.1) is 16.5 Å². The number of hydrogen-bond acceptors (Lipinski definition) is 4. The van der Waals surface area contributed by atoms with Crippen LogP contribution in [-0.2, 0) is 10.0 Å². The van der Waals surface area contributed by atoms with Gasteiger partial charge in [0.15, 0.2) is 0 Å². The molecule has 6 nitrogen and oxygen atoms in total. The minimum Gasteiger partial charge on any atom is -0.322 e. The first-order chi connectivity index (χ1) is 12.1. The van der Waals surface area contributed by atoms with Gasteiger partial charge in [-0.2, -0.15) is 18.4 Å². The molecule has 0 aliphatic carbocycles. The number of rotatable bonds is 5. The molecule has 0 heterocycles.